The zero-order valence-electron chi connectivity index (χ0n) is 9.63. The van der Waals surface area contributed by atoms with Gasteiger partial charge in [0.1, 0.15) is 0 Å². The highest BCUT2D eigenvalue weighted by molar-refractivity contribution is 7.10. The molecule has 2 nitrogen and oxygen atoms in total. The van der Waals surface area contributed by atoms with Crippen LogP contribution >= 0.6 is 22.7 Å². The Bertz CT molecular complexity index is 432. The zero-order chi connectivity index (χ0) is 11.5. The van der Waals surface area contributed by atoms with E-state index < -0.39 is 0 Å². The van der Waals surface area contributed by atoms with Crippen molar-refractivity contribution in [3.05, 3.63) is 39.0 Å². The van der Waals surface area contributed by atoms with E-state index in [1.807, 2.05) is 22.9 Å². The van der Waals surface area contributed by atoms with Crippen LogP contribution in [0.1, 0.15) is 28.8 Å². The molecule has 3 rings (SSSR count). The largest absolute Gasteiger partial charge is 0.309 e. The van der Waals surface area contributed by atoms with E-state index in [1.165, 1.54) is 22.7 Å². The minimum Gasteiger partial charge on any atom is -0.309 e. The van der Waals surface area contributed by atoms with Gasteiger partial charge < -0.3 is 5.32 Å². The summed E-state index contributed by atoms with van der Waals surface area (Å²) in [4.78, 5) is 5.81. The van der Waals surface area contributed by atoms with E-state index in [-0.39, 0.29) is 0 Å². The van der Waals surface area contributed by atoms with Gasteiger partial charge in [0.2, 0.25) is 0 Å². The van der Waals surface area contributed by atoms with Crippen molar-refractivity contribution >= 4 is 22.7 Å². The quantitative estimate of drug-likeness (QED) is 0.864. The average Bonchev–Trinajstić information content (AvgIpc) is 2.84. The van der Waals surface area contributed by atoms with Crippen LogP contribution in [0.3, 0.4) is 0 Å². The Labute approximate surface area is 110 Å². The maximum atomic E-state index is 4.32. The van der Waals surface area contributed by atoms with E-state index in [4.69, 9.17) is 0 Å². The summed E-state index contributed by atoms with van der Waals surface area (Å²) in [7, 11) is 0. The van der Waals surface area contributed by atoms with Crippen LogP contribution < -0.4 is 5.32 Å². The van der Waals surface area contributed by atoms with E-state index in [1.54, 1.807) is 11.3 Å². The number of thiophene rings is 1. The first-order chi connectivity index (χ1) is 8.43. The topological polar surface area (TPSA) is 24.9 Å². The fraction of sp³-hybridized carbons (Fsp3) is 0.462. The molecule has 0 aliphatic heterocycles. The summed E-state index contributed by atoms with van der Waals surface area (Å²) < 4.78 is 0. The summed E-state index contributed by atoms with van der Waals surface area (Å²) in [6.07, 6.45) is 5.70. The van der Waals surface area contributed by atoms with E-state index in [9.17, 15) is 0 Å². The molecule has 1 unspecified atom stereocenters. The number of hydrogen-bond acceptors (Lipinski definition) is 4. The third kappa shape index (κ3) is 2.94. The highest BCUT2D eigenvalue weighted by Gasteiger charge is 2.32. The van der Waals surface area contributed by atoms with Gasteiger partial charge in [-0.3, -0.25) is 0 Å². The Hall–Kier alpha value is -0.710. The molecule has 1 atom stereocenters. The average molecular weight is 264 g/mol. The van der Waals surface area contributed by atoms with E-state index in [0.717, 1.165) is 18.9 Å². The summed E-state index contributed by atoms with van der Waals surface area (Å²) in [6, 6.07) is 4.98. The molecule has 0 radical (unpaired) electrons. The SMILES string of the molecule is c1csc(C(NCCc2nccs2)C2CC2)c1. The van der Waals surface area contributed by atoms with Crippen molar-refractivity contribution in [1.29, 1.82) is 0 Å². The molecule has 2 aromatic rings. The maximum absolute atomic E-state index is 4.32. The minimum absolute atomic E-state index is 0.579. The van der Waals surface area contributed by atoms with Crippen LogP contribution in [0.2, 0.25) is 0 Å². The normalized spacial score (nSPS) is 17.2. The first kappa shape index (κ1) is 11.4. The fourth-order valence-corrected chi connectivity index (χ4v) is 3.62. The lowest BCUT2D eigenvalue weighted by atomic mass is 10.1. The van der Waals surface area contributed by atoms with E-state index in [0.29, 0.717) is 6.04 Å². The number of nitrogens with one attached hydrogen (secondary N) is 1. The molecule has 1 fully saturated rings. The van der Waals surface area contributed by atoms with Crippen LogP contribution in [0, 0.1) is 5.92 Å². The van der Waals surface area contributed by atoms with Crippen molar-refractivity contribution in [3.63, 3.8) is 0 Å². The Morgan fingerprint density at radius 1 is 1.35 bits per heavy atom. The molecule has 1 N–H and O–H groups in total. The monoisotopic (exact) mass is 264 g/mol. The third-order valence-electron chi connectivity index (χ3n) is 3.13. The van der Waals surface area contributed by atoms with Gasteiger partial charge in [-0.25, -0.2) is 4.98 Å². The van der Waals surface area contributed by atoms with Crippen LogP contribution in [0.25, 0.3) is 0 Å². The first-order valence-electron chi connectivity index (χ1n) is 6.08. The summed E-state index contributed by atoms with van der Waals surface area (Å²) in [5.41, 5.74) is 0. The highest BCUT2D eigenvalue weighted by atomic mass is 32.1. The molecule has 0 aromatic carbocycles. The standard InChI is InChI=1S/C13H16N2S2/c1-2-11(16-8-1)13(10-3-4-10)15-6-5-12-14-7-9-17-12/h1-2,7-10,13,15H,3-6H2. The molecule has 4 heteroatoms. The van der Waals surface area contributed by atoms with Crippen LogP contribution in [0.15, 0.2) is 29.1 Å². The molecule has 0 bridgehead atoms. The number of hydrogen-bond donors (Lipinski definition) is 1. The molecule has 17 heavy (non-hydrogen) atoms. The Kier molecular flexibility index (Phi) is 3.54. The summed E-state index contributed by atoms with van der Waals surface area (Å²) >= 11 is 3.62. The van der Waals surface area contributed by atoms with Crippen molar-refractivity contribution in [2.45, 2.75) is 25.3 Å². The van der Waals surface area contributed by atoms with Gasteiger partial charge in [0.05, 0.1) is 5.01 Å². The van der Waals surface area contributed by atoms with Crippen molar-refractivity contribution in [1.82, 2.24) is 10.3 Å². The van der Waals surface area contributed by atoms with Gasteiger partial charge in [0, 0.05) is 35.5 Å². The van der Waals surface area contributed by atoms with Gasteiger partial charge >= 0.3 is 0 Å². The fourth-order valence-electron chi connectivity index (χ4n) is 2.11. The van der Waals surface area contributed by atoms with Gasteiger partial charge in [-0.1, -0.05) is 6.07 Å². The van der Waals surface area contributed by atoms with Crippen LogP contribution in [-0.4, -0.2) is 11.5 Å². The highest BCUT2D eigenvalue weighted by Crippen LogP contribution is 2.42. The molecule has 1 saturated carbocycles. The predicted octanol–water partition coefficient (Wildman–Crippen LogP) is 3.49. The maximum Gasteiger partial charge on any atom is 0.0937 e. The lowest BCUT2D eigenvalue weighted by molar-refractivity contribution is 0.491. The predicted molar refractivity (Wildman–Crippen MR) is 73.6 cm³/mol. The van der Waals surface area contributed by atoms with Gasteiger partial charge in [0.25, 0.3) is 0 Å². The number of nitrogens with zero attached hydrogens (tertiary/aromatic N) is 1. The molecule has 90 valence electrons. The first-order valence-corrected chi connectivity index (χ1v) is 7.84. The van der Waals surface area contributed by atoms with Crippen molar-refractivity contribution in [3.8, 4) is 0 Å². The Morgan fingerprint density at radius 3 is 2.94 bits per heavy atom. The van der Waals surface area contributed by atoms with Gasteiger partial charge in [-0.05, 0) is 30.2 Å². The molecule has 0 amide bonds. The molecule has 1 aliphatic rings. The van der Waals surface area contributed by atoms with Gasteiger partial charge in [-0.2, -0.15) is 0 Å². The second-order valence-electron chi connectivity index (χ2n) is 4.46. The number of thiazole rings is 1. The lowest BCUT2D eigenvalue weighted by Gasteiger charge is -2.16. The van der Waals surface area contributed by atoms with Crippen molar-refractivity contribution in [2.75, 3.05) is 6.54 Å². The third-order valence-corrected chi connectivity index (χ3v) is 4.92. The molecule has 0 spiro atoms. The summed E-state index contributed by atoms with van der Waals surface area (Å²) in [6.45, 7) is 1.03. The lowest BCUT2D eigenvalue weighted by Crippen LogP contribution is -2.24. The molecule has 2 aromatic heterocycles. The van der Waals surface area contributed by atoms with E-state index in [2.05, 4.69) is 27.8 Å². The van der Waals surface area contributed by atoms with E-state index >= 15 is 0 Å². The van der Waals surface area contributed by atoms with Gasteiger partial charge in [0.15, 0.2) is 0 Å². The van der Waals surface area contributed by atoms with Crippen molar-refractivity contribution < 1.29 is 0 Å². The summed E-state index contributed by atoms with van der Waals surface area (Å²) in [5, 5.41) is 9.16. The van der Waals surface area contributed by atoms with Crippen LogP contribution in [0.5, 0.6) is 0 Å². The molecule has 2 heterocycles. The zero-order valence-corrected chi connectivity index (χ0v) is 11.3. The second-order valence-corrected chi connectivity index (χ2v) is 6.42. The van der Waals surface area contributed by atoms with Gasteiger partial charge in [-0.15, -0.1) is 22.7 Å². The molecular formula is C13H16N2S2. The molecule has 1 aliphatic carbocycles. The molecular weight excluding hydrogens is 248 g/mol. The second kappa shape index (κ2) is 5.29. The van der Waals surface area contributed by atoms with Crippen molar-refractivity contribution in [2.24, 2.45) is 5.92 Å². The smallest absolute Gasteiger partial charge is 0.0937 e. The summed E-state index contributed by atoms with van der Waals surface area (Å²) in [5.74, 6) is 0.866. The molecule has 0 saturated heterocycles. The Balaban J connectivity index is 1.55. The van der Waals surface area contributed by atoms with Crippen LogP contribution in [-0.2, 0) is 6.42 Å². The van der Waals surface area contributed by atoms with Crippen LogP contribution in [0.4, 0.5) is 0 Å². The number of rotatable bonds is 6. The Morgan fingerprint density at radius 2 is 2.29 bits per heavy atom. The number of aromatic nitrogens is 1. The minimum atomic E-state index is 0.579.